The van der Waals surface area contributed by atoms with Crippen molar-refractivity contribution in [2.24, 2.45) is 0 Å². The molecular formula is C10H11BrF2N2O3. The zero-order valence-corrected chi connectivity index (χ0v) is 10.7. The van der Waals surface area contributed by atoms with Crippen molar-refractivity contribution in [2.75, 3.05) is 18.5 Å². The number of amides is 2. The van der Waals surface area contributed by atoms with E-state index in [0.29, 0.717) is 0 Å². The summed E-state index contributed by atoms with van der Waals surface area (Å²) in [5.41, 5.74) is -0.327. The minimum atomic E-state index is -1.11. The molecule has 1 aromatic carbocycles. The number of urea groups is 1. The van der Waals surface area contributed by atoms with Crippen molar-refractivity contribution in [2.45, 2.75) is 6.10 Å². The van der Waals surface area contributed by atoms with E-state index in [4.69, 9.17) is 10.2 Å². The van der Waals surface area contributed by atoms with Gasteiger partial charge in [0.05, 0.1) is 22.9 Å². The minimum absolute atomic E-state index is 0.0540. The topological polar surface area (TPSA) is 81.6 Å². The summed E-state index contributed by atoms with van der Waals surface area (Å²) in [5.74, 6) is -1.52. The Labute approximate surface area is 110 Å². The number of nitrogens with one attached hydrogen (secondary N) is 2. The van der Waals surface area contributed by atoms with Crippen molar-refractivity contribution in [3.05, 3.63) is 28.2 Å². The zero-order valence-electron chi connectivity index (χ0n) is 9.08. The molecule has 0 aliphatic rings. The molecule has 0 heterocycles. The number of aliphatic hydroxyl groups is 2. The first-order chi connectivity index (χ1) is 8.43. The van der Waals surface area contributed by atoms with E-state index in [1.807, 2.05) is 0 Å². The molecule has 18 heavy (non-hydrogen) atoms. The first-order valence-electron chi connectivity index (χ1n) is 4.92. The third-order valence-electron chi connectivity index (χ3n) is 1.97. The maximum atomic E-state index is 13.3. The maximum Gasteiger partial charge on any atom is 0.319 e. The van der Waals surface area contributed by atoms with Crippen molar-refractivity contribution in [1.82, 2.24) is 5.32 Å². The zero-order chi connectivity index (χ0) is 13.7. The number of anilines is 1. The van der Waals surface area contributed by atoms with Gasteiger partial charge in [0.25, 0.3) is 0 Å². The average Bonchev–Trinajstić information content (AvgIpc) is 2.33. The van der Waals surface area contributed by atoms with Gasteiger partial charge >= 0.3 is 6.03 Å². The molecule has 2 amide bonds. The fourth-order valence-corrected chi connectivity index (χ4v) is 1.38. The molecule has 1 aromatic rings. The standard InChI is InChI=1S/C10H11BrF2N2O3/c11-6-1-8(13)9(2-7(6)12)15-10(18)14-3-5(17)4-16/h1-2,5,16-17H,3-4H2,(H2,14,15,18). The molecule has 0 bridgehead atoms. The van der Waals surface area contributed by atoms with E-state index >= 15 is 0 Å². The Morgan fingerprint density at radius 2 is 2.06 bits per heavy atom. The lowest BCUT2D eigenvalue weighted by Gasteiger charge is -2.11. The SMILES string of the molecule is O=C(NCC(O)CO)Nc1cc(F)c(Br)cc1F. The van der Waals surface area contributed by atoms with Crippen LogP contribution in [0.5, 0.6) is 0 Å². The molecule has 1 rings (SSSR count). The van der Waals surface area contributed by atoms with E-state index in [-0.39, 0.29) is 16.7 Å². The van der Waals surface area contributed by atoms with Crippen LogP contribution in [0.2, 0.25) is 0 Å². The number of carbonyl (C=O) groups excluding carboxylic acids is 1. The Hall–Kier alpha value is -1.25. The molecule has 0 radical (unpaired) electrons. The van der Waals surface area contributed by atoms with Crippen LogP contribution >= 0.6 is 15.9 Å². The average molecular weight is 325 g/mol. The molecule has 1 unspecified atom stereocenters. The molecule has 0 spiro atoms. The summed E-state index contributed by atoms with van der Waals surface area (Å²) in [5, 5.41) is 21.7. The van der Waals surface area contributed by atoms with Gasteiger partial charge in [-0.3, -0.25) is 0 Å². The first-order valence-corrected chi connectivity index (χ1v) is 5.71. The number of benzene rings is 1. The predicted octanol–water partition coefficient (Wildman–Crippen LogP) is 1.20. The number of hydrogen-bond donors (Lipinski definition) is 4. The van der Waals surface area contributed by atoms with Gasteiger partial charge in [0, 0.05) is 12.6 Å². The highest BCUT2D eigenvalue weighted by atomic mass is 79.9. The van der Waals surface area contributed by atoms with Gasteiger partial charge in [-0.05, 0) is 22.0 Å². The molecule has 0 aliphatic heterocycles. The highest BCUT2D eigenvalue weighted by Crippen LogP contribution is 2.23. The van der Waals surface area contributed by atoms with Crippen LogP contribution in [0.15, 0.2) is 16.6 Å². The molecule has 0 saturated heterocycles. The molecule has 8 heteroatoms. The van der Waals surface area contributed by atoms with Crippen LogP contribution < -0.4 is 10.6 Å². The van der Waals surface area contributed by atoms with E-state index in [1.54, 1.807) is 0 Å². The summed E-state index contributed by atoms with van der Waals surface area (Å²) in [6, 6.07) is 0.887. The lowest BCUT2D eigenvalue weighted by Crippen LogP contribution is -2.36. The number of halogens is 3. The van der Waals surface area contributed by atoms with Crippen molar-refractivity contribution in [1.29, 1.82) is 0 Å². The first kappa shape index (κ1) is 14.8. The highest BCUT2D eigenvalue weighted by molar-refractivity contribution is 9.10. The van der Waals surface area contributed by atoms with Crippen molar-refractivity contribution in [3.8, 4) is 0 Å². The summed E-state index contributed by atoms with van der Waals surface area (Å²) < 4.78 is 26.4. The lowest BCUT2D eigenvalue weighted by molar-refractivity contribution is 0.0965. The highest BCUT2D eigenvalue weighted by Gasteiger charge is 2.11. The number of carbonyl (C=O) groups is 1. The molecule has 1 atom stereocenters. The van der Waals surface area contributed by atoms with Crippen LogP contribution in [0.4, 0.5) is 19.3 Å². The summed E-state index contributed by atoms with van der Waals surface area (Å²) in [6.45, 7) is -0.718. The van der Waals surface area contributed by atoms with Gasteiger partial charge in [-0.25, -0.2) is 13.6 Å². The van der Waals surface area contributed by atoms with Gasteiger partial charge in [0.1, 0.15) is 11.6 Å². The second-order valence-corrected chi connectivity index (χ2v) is 4.27. The van der Waals surface area contributed by atoms with Crippen LogP contribution in [-0.4, -0.2) is 35.5 Å². The molecule has 5 nitrogen and oxygen atoms in total. The van der Waals surface area contributed by atoms with Crippen molar-refractivity contribution >= 4 is 27.6 Å². The van der Waals surface area contributed by atoms with E-state index in [0.717, 1.165) is 12.1 Å². The number of aliphatic hydroxyl groups excluding tert-OH is 2. The third-order valence-corrected chi connectivity index (χ3v) is 2.57. The molecular weight excluding hydrogens is 314 g/mol. The Morgan fingerprint density at radius 1 is 1.39 bits per heavy atom. The summed E-state index contributed by atoms with van der Waals surface area (Å²) in [6.07, 6.45) is -1.11. The predicted molar refractivity (Wildman–Crippen MR) is 64.2 cm³/mol. The Kier molecular flexibility index (Phi) is 5.45. The van der Waals surface area contributed by atoms with Gasteiger partial charge in [0.15, 0.2) is 0 Å². The van der Waals surface area contributed by atoms with Crippen LogP contribution in [0, 0.1) is 11.6 Å². The maximum absolute atomic E-state index is 13.3. The van der Waals surface area contributed by atoms with Gasteiger partial charge in [-0.1, -0.05) is 0 Å². The van der Waals surface area contributed by atoms with E-state index < -0.39 is 30.4 Å². The van der Waals surface area contributed by atoms with Crippen LogP contribution in [0.1, 0.15) is 0 Å². The van der Waals surface area contributed by atoms with E-state index in [9.17, 15) is 13.6 Å². The summed E-state index contributed by atoms with van der Waals surface area (Å²) in [4.78, 5) is 11.3. The number of hydrogen-bond acceptors (Lipinski definition) is 3. The van der Waals surface area contributed by atoms with Crippen LogP contribution in [-0.2, 0) is 0 Å². The molecule has 0 fully saturated rings. The second kappa shape index (κ2) is 6.62. The van der Waals surface area contributed by atoms with Gasteiger partial charge in [0.2, 0.25) is 0 Å². The molecule has 0 aliphatic carbocycles. The molecule has 4 N–H and O–H groups in total. The molecule has 0 aromatic heterocycles. The second-order valence-electron chi connectivity index (χ2n) is 3.42. The Balaban J connectivity index is 2.62. The molecule has 0 saturated carbocycles. The van der Waals surface area contributed by atoms with E-state index in [1.165, 1.54) is 0 Å². The fourth-order valence-electron chi connectivity index (χ4n) is 1.06. The van der Waals surface area contributed by atoms with Crippen LogP contribution in [0.25, 0.3) is 0 Å². The minimum Gasteiger partial charge on any atom is -0.394 e. The molecule has 100 valence electrons. The van der Waals surface area contributed by atoms with Crippen molar-refractivity contribution < 1.29 is 23.8 Å². The largest absolute Gasteiger partial charge is 0.394 e. The quantitative estimate of drug-likeness (QED) is 0.628. The smallest absolute Gasteiger partial charge is 0.319 e. The Morgan fingerprint density at radius 3 is 2.67 bits per heavy atom. The normalized spacial score (nSPS) is 12.1. The monoisotopic (exact) mass is 324 g/mol. The number of rotatable bonds is 4. The fraction of sp³-hybridized carbons (Fsp3) is 0.300. The summed E-state index contributed by atoms with van der Waals surface area (Å²) >= 11 is 2.80. The van der Waals surface area contributed by atoms with Gasteiger partial charge < -0.3 is 20.8 Å². The van der Waals surface area contributed by atoms with E-state index in [2.05, 4.69) is 26.6 Å². The third kappa shape index (κ3) is 4.21. The van der Waals surface area contributed by atoms with Crippen LogP contribution in [0.3, 0.4) is 0 Å². The van der Waals surface area contributed by atoms with Gasteiger partial charge in [-0.2, -0.15) is 0 Å². The Bertz CT molecular complexity index is 445. The summed E-state index contributed by atoms with van der Waals surface area (Å²) in [7, 11) is 0. The lowest BCUT2D eigenvalue weighted by atomic mass is 10.3. The van der Waals surface area contributed by atoms with Crippen molar-refractivity contribution in [3.63, 3.8) is 0 Å². The van der Waals surface area contributed by atoms with Gasteiger partial charge in [-0.15, -0.1) is 0 Å².